The predicted octanol–water partition coefficient (Wildman–Crippen LogP) is 0.972. The number of hydrogen-bond acceptors (Lipinski definition) is 5. The fourth-order valence-electron chi connectivity index (χ4n) is 0.433. The molecular weight excluding hydrogens is 195 g/mol. The maximum Gasteiger partial charge on any atom is 0.604 e. The average molecular weight is 204 g/mol. The van der Waals surface area contributed by atoms with Gasteiger partial charge in [-0.15, -0.1) is 0 Å². The minimum absolute atomic E-state index is 0.0110. The summed E-state index contributed by atoms with van der Waals surface area (Å²) < 4.78 is 29.1. The Morgan fingerprint density at radius 1 is 1.23 bits per heavy atom. The molecule has 72 valence electrons. The van der Waals surface area contributed by atoms with Gasteiger partial charge in [0, 0.05) is 7.11 Å². The Morgan fingerprint density at radius 2 is 1.77 bits per heavy atom. The van der Waals surface area contributed by atoms with Crippen molar-refractivity contribution < 1.29 is 22.9 Å². The van der Waals surface area contributed by atoms with Crippen LogP contribution in [0.5, 0.6) is 0 Å². The number of ether oxygens (including phenoxy) is 1. The van der Waals surface area contributed by atoms with Crippen LogP contribution in [-0.2, 0) is 22.9 Å². The van der Waals surface area contributed by atoms with Gasteiger partial charge < -0.3 is 13.8 Å². The van der Waals surface area contributed by atoms with E-state index in [-0.39, 0.29) is 13.2 Å². The molecule has 0 bridgehead atoms. The largest absolute Gasteiger partial charge is 0.604 e. The summed E-state index contributed by atoms with van der Waals surface area (Å²) in [6, 6.07) is 0. The molecule has 0 atom stereocenters. The van der Waals surface area contributed by atoms with Crippen molar-refractivity contribution in [3.05, 3.63) is 0 Å². The molecule has 0 spiro atoms. The molecule has 0 heterocycles. The highest BCUT2D eigenvalue weighted by Gasteiger charge is 2.28. The van der Waals surface area contributed by atoms with Gasteiger partial charge in [-0.3, -0.25) is 4.52 Å². The SMILES string of the molecule is C#COP(=O)(OC#C)OCCOC. The first-order chi connectivity index (χ1) is 6.18. The highest BCUT2D eigenvalue weighted by molar-refractivity contribution is 7.48. The zero-order valence-corrected chi connectivity index (χ0v) is 7.95. The van der Waals surface area contributed by atoms with E-state index in [2.05, 4.69) is 18.3 Å². The lowest BCUT2D eigenvalue weighted by Crippen LogP contribution is -2.02. The molecule has 0 aliphatic heterocycles. The molecule has 0 aliphatic rings. The van der Waals surface area contributed by atoms with E-state index in [1.54, 1.807) is 12.2 Å². The van der Waals surface area contributed by atoms with Crippen molar-refractivity contribution in [2.75, 3.05) is 20.3 Å². The van der Waals surface area contributed by atoms with E-state index in [4.69, 9.17) is 12.8 Å². The van der Waals surface area contributed by atoms with Gasteiger partial charge in [0.05, 0.1) is 13.2 Å². The van der Waals surface area contributed by atoms with E-state index >= 15 is 0 Å². The van der Waals surface area contributed by atoms with Crippen molar-refractivity contribution >= 4 is 7.82 Å². The number of rotatable bonds is 6. The van der Waals surface area contributed by atoms with Crippen LogP contribution in [-0.4, -0.2) is 20.3 Å². The quantitative estimate of drug-likeness (QED) is 0.366. The number of phosphoric acid groups is 1. The first-order valence-corrected chi connectivity index (χ1v) is 4.66. The zero-order chi connectivity index (χ0) is 10.2. The Morgan fingerprint density at radius 3 is 2.15 bits per heavy atom. The van der Waals surface area contributed by atoms with Gasteiger partial charge in [-0.05, 0) is 0 Å². The van der Waals surface area contributed by atoms with Crippen LogP contribution in [0, 0.1) is 25.1 Å². The summed E-state index contributed by atoms with van der Waals surface area (Å²) in [4.78, 5) is 0. The third-order valence-electron chi connectivity index (χ3n) is 0.866. The summed E-state index contributed by atoms with van der Waals surface area (Å²) in [6.45, 7) is 0.239. The Bertz CT molecular complexity index is 241. The van der Waals surface area contributed by atoms with Crippen LogP contribution >= 0.6 is 7.82 Å². The lowest BCUT2D eigenvalue weighted by molar-refractivity contribution is 0.119. The molecule has 0 unspecified atom stereocenters. The van der Waals surface area contributed by atoms with Crippen molar-refractivity contribution in [3.8, 4) is 25.1 Å². The van der Waals surface area contributed by atoms with E-state index in [0.717, 1.165) is 0 Å². The summed E-state index contributed by atoms with van der Waals surface area (Å²) in [5, 5.41) is 0. The second-order valence-corrected chi connectivity index (χ2v) is 3.21. The Balaban J connectivity index is 4.03. The van der Waals surface area contributed by atoms with Gasteiger partial charge in [-0.1, -0.05) is 12.8 Å². The van der Waals surface area contributed by atoms with Gasteiger partial charge >= 0.3 is 7.82 Å². The normalized spacial score (nSPS) is 9.77. The minimum Gasteiger partial charge on any atom is -0.382 e. The third kappa shape index (κ3) is 5.16. The van der Waals surface area contributed by atoms with Crippen LogP contribution in [0.3, 0.4) is 0 Å². The molecule has 0 aromatic carbocycles. The van der Waals surface area contributed by atoms with Gasteiger partial charge in [0.1, 0.15) is 12.2 Å². The average Bonchev–Trinajstić information content (AvgIpc) is 2.05. The highest BCUT2D eigenvalue weighted by Crippen LogP contribution is 2.48. The second-order valence-electron chi connectivity index (χ2n) is 1.69. The minimum atomic E-state index is -3.80. The first kappa shape index (κ1) is 11.9. The van der Waals surface area contributed by atoms with Crippen molar-refractivity contribution in [1.82, 2.24) is 0 Å². The maximum atomic E-state index is 11.3. The Kier molecular flexibility index (Phi) is 5.84. The summed E-state index contributed by atoms with van der Waals surface area (Å²) in [7, 11) is -2.34. The van der Waals surface area contributed by atoms with Gasteiger partial charge in [0.25, 0.3) is 0 Å². The lowest BCUT2D eigenvalue weighted by atomic mass is 10.8. The standard InChI is InChI=1S/C7H9O5P/c1-4-10-13(8,11-5-2)12-7-6-9-3/h1-2H,6-7H2,3H3. The highest BCUT2D eigenvalue weighted by atomic mass is 31.2. The third-order valence-corrected chi connectivity index (χ3v) is 2.02. The number of hydrogen-bond donors (Lipinski definition) is 0. The fourth-order valence-corrected chi connectivity index (χ4v) is 1.13. The van der Waals surface area contributed by atoms with E-state index in [1.807, 2.05) is 0 Å². The lowest BCUT2D eigenvalue weighted by Gasteiger charge is -2.10. The van der Waals surface area contributed by atoms with Crippen molar-refractivity contribution in [1.29, 1.82) is 0 Å². The summed E-state index contributed by atoms with van der Waals surface area (Å²) >= 11 is 0. The molecule has 0 aliphatic carbocycles. The Labute approximate surface area is 76.9 Å². The van der Waals surface area contributed by atoms with Gasteiger partial charge in [0.15, 0.2) is 0 Å². The maximum absolute atomic E-state index is 11.3. The molecule has 0 radical (unpaired) electrons. The Hall–Kier alpha value is -1.13. The van der Waals surface area contributed by atoms with Crippen LogP contribution < -0.4 is 0 Å². The number of terminal acetylenes is 2. The molecule has 0 rings (SSSR count). The molecule has 0 saturated carbocycles. The molecule has 0 N–H and O–H groups in total. The van der Waals surface area contributed by atoms with E-state index < -0.39 is 7.82 Å². The van der Waals surface area contributed by atoms with Crippen molar-refractivity contribution in [3.63, 3.8) is 0 Å². The van der Waals surface area contributed by atoms with Gasteiger partial charge in [-0.2, -0.15) is 0 Å². The number of methoxy groups -OCH3 is 1. The monoisotopic (exact) mass is 204 g/mol. The van der Waals surface area contributed by atoms with Crippen LogP contribution in [0.1, 0.15) is 0 Å². The molecule has 5 nitrogen and oxygen atoms in total. The van der Waals surface area contributed by atoms with Crippen molar-refractivity contribution in [2.24, 2.45) is 0 Å². The van der Waals surface area contributed by atoms with Crippen LogP contribution in [0.2, 0.25) is 0 Å². The van der Waals surface area contributed by atoms with Gasteiger partial charge in [-0.25, -0.2) is 4.57 Å². The number of phosphoric ester groups is 1. The van der Waals surface area contributed by atoms with Crippen LogP contribution in [0.4, 0.5) is 0 Å². The van der Waals surface area contributed by atoms with Crippen LogP contribution in [0.15, 0.2) is 0 Å². The molecule has 13 heavy (non-hydrogen) atoms. The first-order valence-electron chi connectivity index (χ1n) is 3.20. The van der Waals surface area contributed by atoms with E-state index in [1.165, 1.54) is 7.11 Å². The van der Waals surface area contributed by atoms with Gasteiger partial charge in [0.2, 0.25) is 0 Å². The van der Waals surface area contributed by atoms with Crippen molar-refractivity contribution in [2.45, 2.75) is 0 Å². The zero-order valence-electron chi connectivity index (χ0n) is 7.06. The smallest absolute Gasteiger partial charge is 0.382 e. The molecule has 0 saturated heterocycles. The summed E-state index contributed by atoms with van der Waals surface area (Å²) in [5.74, 6) is 0. The molecule has 0 aromatic heterocycles. The van der Waals surface area contributed by atoms with E-state index in [0.29, 0.717) is 0 Å². The fraction of sp³-hybridized carbons (Fsp3) is 0.429. The van der Waals surface area contributed by atoms with E-state index in [9.17, 15) is 4.57 Å². The topological polar surface area (TPSA) is 54.0 Å². The van der Waals surface area contributed by atoms with Crippen LogP contribution in [0.25, 0.3) is 0 Å². The molecular formula is C7H9O5P. The second kappa shape index (κ2) is 6.39. The summed E-state index contributed by atoms with van der Waals surface area (Å²) in [6.07, 6.45) is 12.8. The summed E-state index contributed by atoms with van der Waals surface area (Å²) in [5.41, 5.74) is 0. The predicted molar refractivity (Wildman–Crippen MR) is 45.3 cm³/mol. The molecule has 0 amide bonds. The molecule has 0 aromatic rings. The molecule has 0 fully saturated rings. The molecule has 6 heteroatoms.